The van der Waals surface area contributed by atoms with Gasteiger partial charge in [-0.3, -0.25) is 0 Å². The fourth-order valence-electron chi connectivity index (χ4n) is 5.51. The minimum Gasteiger partial charge on any atom is -0.506 e. The molecule has 1 aliphatic heterocycles. The van der Waals surface area contributed by atoms with Crippen LogP contribution in [0.2, 0.25) is 5.02 Å². The smallest absolute Gasteiger partial charge is 0.171 e. The first-order chi connectivity index (χ1) is 17.2. The highest BCUT2D eigenvalue weighted by Gasteiger charge is 2.54. The van der Waals surface area contributed by atoms with E-state index in [9.17, 15) is 5.11 Å². The number of benzene rings is 2. The second-order valence-electron chi connectivity index (χ2n) is 10.6. The molecule has 1 N–H and O–H groups in total. The summed E-state index contributed by atoms with van der Waals surface area (Å²) in [5.74, 6) is 1.06. The molecule has 0 aromatic heterocycles. The molecule has 0 radical (unpaired) electrons. The second-order valence-corrected chi connectivity index (χ2v) is 11.0. The molecular formula is C31H39ClO4. The number of hydrogen-bond donors (Lipinski definition) is 1. The third kappa shape index (κ3) is 5.37. The van der Waals surface area contributed by atoms with Crippen molar-refractivity contribution in [1.29, 1.82) is 0 Å². The number of ether oxygens (including phenoxy) is 3. The van der Waals surface area contributed by atoms with Gasteiger partial charge in [0, 0.05) is 17.9 Å². The number of phenols is 1. The molecule has 2 fully saturated rings. The Hall–Kier alpha value is -2.27. The van der Waals surface area contributed by atoms with Gasteiger partial charge in [0.25, 0.3) is 0 Å². The molecule has 4 nitrogen and oxygen atoms in total. The van der Waals surface area contributed by atoms with E-state index in [2.05, 4.69) is 45.9 Å². The summed E-state index contributed by atoms with van der Waals surface area (Å²) in [5.41, 5.74) is 3.64. The van der Waals surface area contributed by atoms with Gasteiger partial charge in [0.1, 0.15) is 18.1 Å². The molecule has 5 heteroatoms. The van der Waals surface area contributed by atoms with Gasteiger partial charge in [-0.1, -0.05) is 86.5 Å². The van der Waals surface area contributed by atoms with Gasteiger partial charge in [0.15, 0.2) is 5.79 Å². The zero-order valence-corrected chi connectivity index (χ0v) is 22.9. The van der Waals surface area contributed by atoms with Crippen LogP contribution in [0.3, 0.4) is 0 Å². The molecule has 0 unspecified atom stereocenters. The van der Waals surface area contributed by atoms with Crippen molar-refractivity contribution >= 4 is 11.6 Å². The Morgan fingerprint density at radius 1 is 1.19 bits per heavy atom. The minimum absolute atomic E-state index is 0.0447. The van der Waals surface area contributed by atoms with E-state index in [0.29, 0.717) is 48.5 Å². The highest BCUT2D eigenvalue weighted by atomic mass is 35.5. The van der Waals surface area contributed by atoms with E-state index < -0.39 is 5.79 Å². The molecule has 0 amide bonds. The van der Waals surface area contributed by atoms with Crippen LogP contribution in [0.4, 0.5) is 0 Å². The summed E-state index contributed by atoms with van der Waals surface area (Å²) in [4.78, 5) is 0. The van der Waals surface area contributed by atoms with Gasteiger partial charge in [0.2, 0.25) is 0 Å². The Bertz CT molecular complexity index is 1120. The Labute approximate surface area is 220 Å². The number of phenolic OH excluding ortho intramolecular Hbond substituents is 1. The molecule has 1 saturated carbocycles. The molecule has 1 heterocycles. The normalized spacial score (nSPS) is 26.1. The van der Waals surface area contributed by atoms with Gasteiger partial charge in [0.05, 0.1) is 18.2 Å². The SMILES string of the molecule is CC(/C=C/[C@@]1(C)[C@H](C)CCC2(OCCO2)[C@@H]1C)=C\Cc1c(OCc2ccccc2)cc(C)c(Cl)c1O. The lowest BCUT2D eigenvalue weighted by molar-refractivity contribution is -0.240. The molecule has 2 aromatic rings. The van der Waals surface area contributed by atoms with Crippen molar-refractivity contribution in [3.8, 4) is 11.5 Å². The predicted molar refractivity (Wildman–Crippen MR) is 146 cm³/mol. The number of halogens is 1. The average molecular weight is 511 g/mol. The van der Waals surface area contributed by atoms with E-state index in [1.54, 1.807) is 0 Å². The number of hydrogen-bond acceptors (Lipinski definition) is 4. The quantitative estimate of drug-likeness (QED) is 0.386. The molecule has 2 aromatic carbocycles. The van der Waals surface area contributed by atoms with Gasteiger partial charge < -0.3 is 19.3 Å². The maximum absolute atomic E-state index is 10.8. The van der Waals surface area contributed by atoms with E-state index in [1.807, 2.05) is 43.3 Å². The van der Waals surface area contributed by atoms with Crippen molar-refractivity contribution in [2.75, 3.05) is 13.2 Å². The number of allylic oxidation sites excluding steroid dienone is 4. The van der Waals surface area contributed by atoms with Crippen LogP contribution in [0.5, 0.6) is 11.5 Å². The minimum atomic E-state index is -0.460. The van der Waals surface area contributed by atoms with Crippen molar-refractivity contribution < 1.29 is 19.3 Å². The van der Waals surface area contributed by atoms with Crippen LogP contribution >= 0.6 is 11.6 Å². The molecule has 36 heavy (non-hydrogen) atoms. The lowest BCUT2D eigenvalue weighted by Crippen LogP contribution is -2.52. The molecule has 1 saturated heterocycles. The predicted octanol–water partition coefficient (Wildman–Crippen LogP) is 7.79. The first-order valence-corrected chi connectivity index (χ1v) is 13.4. The third-order valence-electron chi connectivity index (χ3n) is 8.41. The molecule has 1 aliphatic carbocycles. The van der Waals surface area contributed by atoms with Crippen LogP contribution < -0.4 is 4.74 Å². The van der Waals surface area contributed by atoms with Crippen molar-refractivity contribution in [3.05, 3.63) is 81.9 Å². The van der Waals surface area contributed by atoms with Crippen LogP contribution in [0, 0.1) is 24.2 Å². The molecule has 2 aliphatic rings. The van der Waals surface area contributed by atoms with Crippen LogP contribution in [0.1, 0.15) is 57.2 Å². The molecule has 4 rings (SSSR count). The van der Waals surface area contributed by atoms with Crippen LogP contribution in [-0.4, -0.2) is 24.1 Å². The number of rotatable bonds is 7. The summed E-state index contributed by atoms with van der Waals surface area (Å²) in [6.45, 7) is 12.6. The monoisotopic (exact) mass is 510 g/mol. The van der Waals surface area contributed by atoms with E-state index in [1.165, 1.54) is 0 Å². The Morgan fingerprint density at radius 2 is 1.89 bits per heavy atom. The Kier molecular flexibility index (Phi) is 8.18. The van der Waals surface area contributed by atoms with Crippen molar-refractivity contribution in [2.24, 2.45) is 17.3 Å². The lowest BCUT2D eigenvalue weighted by Gasteiger charge is -2.51. The van der Waals surface area contributed by atoms with Gasteiger partial charge in [-0.2, -0.15) is 0 Å². The maximum Gasteiger partial charge on any atom is 0.171 e. The Balaban J connectivity index is 1.53. The van der Waals surface area contributed by atoms with Crippen molar-refractivity contribution in [2.45, 2.75) is 66.3 Å². The molecule has 0 bridgehead atoms. The van der Waals surface area contributed by atoms with E-state index in [-0.39, 0.29) is 17.1 Å². The van der Waals surface area contributed by atoms with Crippen molar-refractivity contribution in [1.82, 2.24) is 0 Å². The molecule has 1 spiro atoms. The first kappa shape index (κ1) is 26.8. The molecular weight excluding hydrogens is 472 g/mol. The maximum atomic E-state index is 10.8. The second kappa shape index (κ2) is 11.0. The summed E-state index contributed by atoms with van der Waals surface area (Å²) in [5, 5.41) is 11.2. The van der Waals surface area contributed by atoms with Gasteiger partial charge in [-0.05, 0) is 55.2 Å². The third-order valence-corrected chi connectivity index (χ3v) is 8.89. The topological polar surface area (TPSA) is 47.9 Å². The van der Waals surface area contributed by atoms with Crippen LogP contribution in [0.15, 0.2) is 60.2 Å². The molecule has 194 valence electrons. The summed E-state index contributed by atoms with van der Waals surface area (Å²) in [6, 6.07) is 11.9. The zero-order valence-electron chi connectivity index (χ0n) is 22.1. The highest BCUT2D eigenvalue weighted by Crippen LogP contribution is 2.53. The van der Waals surface area contributed by atoms with E-state index in [4.69, 9.17) is 25.8 Å². The zero-order chi connectivity index (χ0) is 25.9. The summed E-state index contributed by atoms with van der Waals surface area (Å²) >= 11 is 6.40. The van der Waals surface area contributed by atoms with E-state index >= 15 is 0 Å². The lowest BCUT2D eigenvalue weighted by atomic mass is 9.59. The van der Waals surface area contributed by atoms with Gasteiger partial charge in [-0.15, -0.1) is 0 Å². The molecule has 3 atom stereocenters. The summed E-state index contributed by atoms with van der Waals surface area (Å²) < 4.78 is 18.4. The number of aromatic hydroxyl groups is 1. The van der Waals surface area contributed by atoms with Gasteiger partial charge >= 0.3 is 0 Å². The van der Waals surface area contributed by atoms with Gasteiger partial charge in [-0.25, -0.2) is 0 Å². The highest BCUT2D eigenvalue weighted by molar-refractivity contribution is 6.33. The standard InChI is InChI=1S/C31H39ClO4/c1-21(13-15-30(5)23(3)14-16-31(24(30)4)35-17-18-36-31)11-12-26-27(19-22(2)28(32)29(26)33)34-20-25-9-7-6-8-10-25/h6-11,13,15,19,23-24,33H,12,14,16-18,20H2,1-5H3/b15-13+,21-11+/t23-,24-,30+/m1/s1. The Morgan fingerprint density at radius 3 is 2.58 bits per heavy atom. The van der Waals surface area contributed by atoms with Crippen LogP contribution in [0.25, 0.3) is 0 Å². The first-order valence-electron chi connectivity index (χ1n) is 13.0. The van der Waals surface area contributed by atoms with Crippen molar-refractivity contribution in [3.63, 3.8) is 0 Å². The largest absolute Gasteiger partial charge is 0.506 e. The summed E-state index contributed by atoms with van der Waals surface area (Å²) in [6.07, 6.45) is 9.18. The fourth-order valence-corrected chi connectivity index (χ4v) is 5.67. The van der Waals surface area contributed by atoms with E-state index in [0.717, 1.165) is 29.5 Å². The fraction of sp³-hybridized carbons (Fsp3) is 0.484. The summed E-state index contributed by atoms with van der Waals surface area (Å²) in [7, 11) is 0. The number of aryl methyl sites for hydroxylation is 1. The average Bonchev–Trinajstić information content (AvgIpc) is 3.36. The van der Waals surface area contributed by atoms with Crippen LogP contribution in [-0.2, 0) is 22.5 Å².